The van der Waals surface area contributed by atoms with E-state index in [1.165, 1.54) is 12.1 Å². The van der Waals surface area contributed by atoms with Crippen LogP contribution in [0.15, 0.2) is 55.0 Å². The lowest BCUT2D eigenvalue weighted by molar-refractivity contribution is -0.137. The number of likely N-dealkylation sites (tertiary alicyclic amines) is 1. The first-order chi connectivity index (χ1) is 14.3. The predicted octanol–water partition coefficient (Wildman–Crippen LogP) is 4.87. The van der Waals surface area contributed by atoms with Crippen LogP contribution in [0.2, 0.25) is 0 Å². The summed E-state index contributed by atoms with van der Waals surface area (Å²) in [6, 6.07) is 8.07. The maximum Gasteiger partial charge on any atom is 0.416 e. The highest BCUT2D eigenvalue weighted by atomic mass is 19.4. The third-order valence-corrected chi connectivity index (χ3v) is 5.36. The van der Waals surface area contributed by atoms with Crippen LogP contribution in [0.1, 0.15) is 46.9 Å². The Hall–Kier alpha value is -3.16. The Morgan fingerprint density at radius 3 is 2.63 bits per heavy atom. The zero-order chi connectivity index (χ0) is 21.3. The van der Waals surface area contributed by atoms with Gasteiger partial charge in [-0.15, -0.1) is 0 Å². The Morgan fingerprint density at radius 2 is 1.90 bits per heavy atom. The second-order valence-corrected chi connectivity index (χ2v) is 7.43. The van der Waals surface area contributed by atoms with Crippen LogP contribution < -0.4 is 0 Å². The molecular weight excluding hydrogens is 393 g/mol. The first kappa shape index (κ1) is 20.1. The highest BCUT2D eigenvalue weighted by Gasteiger charge is 2.34. The maximum absolute atomic E-state index is 13.2. The fourth-order valence-electron chi connectivity index (χ4n) is 3.96. The van der Waals surface area contributed by atoms with Gasteiger partial charge < -0.3 is 4.90 Å². The number of hydrogen-bond acceptors (Lipinski definition) is 3. The van der Waals surface area contributed by atoms with Gasteiger partial charge in [-0.25, -0.2) is 0 Å². The number of benzene rings is 1. The van der Waals surface area contributed by atoms with E-state index in [1.54, 1.807) is 22.0 Å². The van der Waals surface area contributed by atoms with Gasteiger partial charge in [-0.1, -0.05) is 6.07 Å². The molecule has 156 valence electrons. The molecular formula is C22H21F3N4O. The number of aryl methyl sites for hydroxylation is 1. The molecule has 1 amide bonds. The first-order valence-corrected chi connectivity index (χ1v) is 9.77. The molecule has 1 saturated heterocycles. The van der Waals surface area contributed by atoms with Crippen molar-refractivity contribution in [2.45, 2.75) is 31.5 Å². The molecule has 5 nitrogen and oxygen atoms in total. The van der Waals surface area contributed by atoms with Gasteiger partial charge in [-0.3, -0.25) is 14.5 Å². The molecule has 0 aliphatic carbocycles. The maximum atomic E-state index is 13.2. The number of rotatable bonds is 3. The molecule has 1 aromatic carbocycles. The number of piperidine rings is 1. The molecule has 3 aromatic rings. The highest BCUT2D eigenvalue weighted by molar-refractivity contribution is 5.95. The van der Waals surface area contributed by atoms with Crippen molar-refractivity contribution in [3.8, 4) is 11.1 Å². The van der Waals surface area contributed by atoms with E-state index in [0.717, 1.165) is 41.8 Å². The number of nitrogens with zero attached hydrogens (tertiary/aromatic N) is 4. The van der Waals surface area contributed by atoms with Crippen molar-refractivity contribution in [2.24, 2.45) is 7.05 Å². The average Bonchev–Trinajstić information content (AvgIpc) is 3.15. The molecule has 0 N–H and O–H groups in total. The van der Waals surface area contributed by atoms with Crippen LogP contribution >= 0.6 is 0 Å². The van der Waals surface area contributed by atoms with Crippen LogP contribution in [0.4, 0.5) is 13.2 Å². The van der Waals surface area contributed by atoms with Crippen LogP contribution in [0, 0.1) is 0 Å². The quantitative estimate of drug-likeness (QED) is 0.615. The number of alkyl halides is 3. The fraction of sp³-hybridized carbons (Fsp3) is 0.318. The molecule has 2 aromatic heterocycles. The van der Waals surface area contributed by atoms with Crippen molar-refractivity contribution in [3.05, 3.63) is 71.8 Å². The van der Waals surface area contributed by atoms with Crippen LogP contribution in [-0.2, 0) is 13.2 Å². The van der Waals surface area contributed by atoms with Gasteiger partial charge in [0.15, 0.2) is 0 Å². The molecule has 0 bridgehead atoms. The van der Waals surface area contributed by atoms with E-state index in [9.17, 15) is 18.0 Å². The molecule has 4 rings (SSSR count). The first-order valence-electron chi connectivity index (χ1n) is 9.77. The normalized spacial score (nSPS) is 17.2. The van der Waals surface area contributed by atoms with E-state index in [2.05, 4.69) is 10.1 Å². The Bertz CT molecular complexity index is 1050. The molecule has 1 atom stereocenters. The summed E-state index contributed by atoms with van der Waals surface area (Å²) < 4.78 is 41.0. The van der Waals surface area contributed by atoms with E-state index in [4.69, 9.17) is 0 Å². The summed E-state index contributed by atoms with van der Waals surface area (Å²) in [5, 5.41) is 4.62. The summed E-state index contributed by atoms with van der Waals surface area (Å²) in [5.41, 5.74) is 1.80. The van der Waals surface area contributed by atoms with Gasteiger partial charge >= 0.3 is 6.18 Å². The second kappa shape index (κ2) is 7.93. The van der Waals surface area contributed by atoms with Crippen molar-refractivity contribution in [3.63, 3.8) is 0 Å². The Balaban J connectivity index is 1.71. The summed E-state index contributed by atoms with van der Waals surface area (Å²) in [7, 11) is 1.82. The van der Waals surface area contributed by atoms with Gasteiger partial charge in [0.1, 0.15) is 0 Å². The number of carbonyl (C=O) groups is 1. The summed E-state index contributed by atoms with van der Waals surface area (Å²) in [4.78, 5) is 18.9. The van der Waals surface area contributed by atoms with Crippen molar-refractivity contribution < 1.29 is 18.0 Å². The zero-order valence-corrected chi connectivity index (χ0v) is 16.4. The molecule has 0 radical (unpaired) electrons. The van der Waals surface area contributed by atoms with Crippen LogP contribution in [0.3, 0.4) is 0 Å². The lowest BCUT2D eigenvalue weighted by Crippen LogP contribution is -2.39. The van der Waals surface area contributed by atoms with Crippen molar-refractivity contribution >= 4 is 5.91 Å². The van der Waals surface area contributed by atoms with Crippen LogP contribution in [0.5, 0.6) is 0 Å². The lowest BCUT2D eigenvalue weighted by atomic mass is 9.94. The van der Waals surface area contributed by atoms with Crippen molar-refractivity contribution in [1.82, 2.24) is 19.7 Å². The number of pyridine rings is 1. The van der Waals surface area contributed by atoms with Gasteiger partial charge in [0.2, 0.25) is 0 Å². The van der Waals surface area contributed by atoms with Gasteiger partial charge in [0.25, 0.3) is 5.91 Å². The third kappa shape index (κ3) is 3.94. The van der Waals surface area contributed by atoms with E-state index < -0.39 is 17.6 Å². The third-order valence-electron chi connectivity index (χ3n) is 5.36. The fourth-order valence-corrected chi connectivity index (χ4v) is 3.96. The largest absolute Gasteiger partial charge is 0.416 e. The Morgan fingerprint density at radius 1 is 1.13 bits per heavy atom. The lowest BCUT2D eigenvalue weighted by Gasteiger charge is -2.35. The Kier molecular flexibility index (Phi) is 5.32. The standard InChI is InChI=1S/C22H21F3N4O/c1-28-14-18(15-8-10-26-11-9-15)20(27-28)19-7-2-3-12-29(19)21(30)16-5-4-6-17(13-16)22(23,24)25/h4-6,8-11,13-14,19H,2-3,7,12H2,1H3/t19-/m1/s1. The van der Waals surface area contributed by atoms with Gasteiger partial charge in [-0.05, 0) is 55.2 Å². The molecule has 0 spiro atoms. The number of aromatic nitrogens is 3. The molecule has 1 aliphatic heterocycles. The molecule has 1 aliphatic rings. The van der Waals surface area contributed by atoms with Gasteiger partial charge in [0.05, 0.1) is 17.3 Å². The number of amides is 1. The highest BCUT2D eigenvalue weighted by Crippen LogP contribution is 2.37. The molecule has 30 heavy (non-hydrogen) atoms. The van der Waals surface area contributed by atoms with E-state index in [1.807, 2.05) is 25.4 Å². The predicted molar refractivity (Wildman–Crippen MR) is 106 cm³/mol. The molecule has 8 heteroatoms. The number of hydrogen-bond donors (Lipinski definition) is 0. The zero-order valence-electron chi connectivity index (χ0n) is 16.4. The summed E-state index contributed by atoms with van der Waals surface area (Å²) in [6.07, 6.45) is 3.22. The van der Waals surface area contributed by atoms with E-state index >= 15 is 0 Å². The summed E-state index contributed by atoms with van der Waals surface area (Å²) >= 11 is 0. The molecule has 0 unspecified atom stereocenters. The molecule has 1 fully saturated rings. The number of halogens is 3. The minimum Gasteiger partial charge on any atom is -0.330 e. The minimum absolute atomic E-state index is 0.0399. The number of carbonyl (C=O) groups excluding carboxylic acids is 1. The Labute approximate surface area is 172 Å². The summed E-state index contributed by atoms with van der Waals surface area (Å²) in [6.45, 7) is 0.478. The average molecular weight is 414 g/mol. The van der Waals surface area contributed by atoms with Crippen LogP contribution in [0.25, 0.3) is 11.1 Å². The van der Waals surface area contributed by atoms with E-state index in [-0.39, 0.29) is 11.6 Å². The van der Waals surface area contributed by atoms with Crippen molar-refractivity contribution in [2.75, 3.05) is 6.54 Å². The van der Waals surface area contributed by atoms with Crippen molar-refractivity contribution in [1.29, 1.82) is 0 Å². The monoisotopic (exact) mass is 414 g/mol. The molecule has 3 heterocycles. The smallest absolute Gasteiger partial charge is 0.330 e. The molecule has 0 saturated carbocycles. The van der Waals surface area contributed by atoms with Crippen LogP contribution in [-0.4, -0.2) is 32.1 Å². The van der Waals surface area contributed by atoms with Gasteiger partial charge in [0, 0.05) is 43.3 Å². The van der Waals surface area contributed by atoms with Gasteiger partial charge in [-0.2, -0.15) is 18.3 Å². The SMILES string of the molecule is Cn1cc(-c2ccncc2)c([C@H]2CCCCN2C(=O)c2cccc(C(F)(F)F)c2)n1. The minimum atomic E-state index is -4.49. The topological polar surface area (TPSA) is 51.0 Å². The summed E-state index contributed by atoms with van der Waals surface area (Å²) in [5.74, 6) is -0.405. The van der Waals surface area contributed by atoms with E-state index in [0.29, 0.717) is 13.0 Å². The second-order valence-electron chi connectivity index (χ2n) is 7.43.